The van der Waals surface area contributed by atoms with E-state index < -0.39 is 0 Å². The summed E-state index contributed by atoms with van der Waals surface area (Å²) >= 11 is 0. The molecule has 0 radical (unpaired) electrons. The second kappa shape index (κ2) is 3.78. The van der Waals surface area contributed by atoms with Crippen molar-refractivity contribution in [2.45, 2.75) is 39.0 Å². The lowest BCUT2D eigenvalue weighted by atomic mass is 9.89. The van der Waals surface area contributed by atoms with Gasteiger partial charge in [0.25, 0.3) is 0 Å². The highest BCUT2D eigenvalue weighted by atomic mass is 14.9. The molecule has 1 aliphatic heterocycles. The first-order chi connectivity index (χ1) is 5.90. The molecule has 0 aromatic rings. The summed E-state index contributed by atoms with van der Waals surface area (Å²) in [4.78, 5) is 0. The minimum Gasteiger partial charge on any atom is -0.316 e. The van der Waals surface area contributed by atoms with Crippen LogP contribution in [0.1, 0.15) is 39.0 Å². The quantitative estimate of drug-likeness (QED) is 0.666. The first-order valence-electron chi connectivity index (χ1n) is 5.61. The molecule has 1 heteroatoms. The molecule has 2 aliphatic rings. The van der Waals surface area contributed by atoms with Gasteiger partial charge in [0, 0.05) is 0 Å². The van der Waals surface area contributed by atoms with E-state index in [1.165, 1.54) is 45.2 Å². The number of nitrogens with one attached hydrogen (secondary N) is 1. The SMILES string of the molecule is CCC1CCC(C2CCNC2)C1. The Morgan fingerprint density at radius 3 is 2.67 bits per heavy atom. The van der Waals surface area contributed by atoms with E-state index in [9.17, 15) is 0 Å². The Morgan fingerprint density at radius 1 is 1.17 bits per heavy atom. The first-order valence-corrected chi connectivity index (χ1v) is 5.61. The smallest absolute Gasteiger partial charge is 0.00174 e. The number of hydrogen-bond acceptors (Lipinski definition) is 1. The second-order valence-electron chi connectivity index (χ2n) is 4.60. The minimum atomic E-state index is 1.03. The maximum absolute atomic E-state index is 3.48. The molecule has 1 saturated heterocycles. The summed E-state index contributed by atoms with van der Waals surface area (Å²) in [5.74, 6) is 3.17. The van der Waals surface area contributed by atoms with Gasteiger partial charge in [-0.2, -0.15) is 0 Å². The van der Waals surface area contributed by atoms with Crippen LogP contribution >= 0.6 is 0 Å². The van der Waals surface area contributed by atoms with Crippen LogP contribution < -0.4 is 5.32 Å². The van der Waals surface area contributed by atoms with Crippen LogP contribution in [0.25, 0.3) is 0 Å². The first kappa shape index (κ1) is 8.55. The molecule has 0 bridgehead atoms. The van der Waals surface area contributed by atoms with Crippen LogP contribution in [-0.4, -0.2) is 13.1 Å². The van der Waals surface area contributed by atoms with Crippen molar-refractivity contribution in [3.63, 3.8) is 0 Å². The lowest BCUT2D eigenvalue weighted by Crippen LogP contribution is -2.15. The lowest BCUT2D eigenvalue weighted by Gasteiger charge is -2.16. The van der Waals surface area contributed by atoms with Crippen molar-refractivity contribution in [3.8, 4) is 0 Å². The van der Waals surface area contributed by atoms with E-state index in [0.717, 1.165) is 17.8 Å². The molecule has 0 amide bonds. The van der Waals surface area contributed by atoms with Gasteiger partial charge in [-0.25, -0.2) is 0 Å². The van der Waals surface area contributed by atoms with Crippen LogP contribution in [-0.2, 0) is 0 Å². The lowest BCUT2D eigenvalue weighted by molar-refractivity contribution is 0.350. The van der Waals surface area contributed by atoms with Gasteiger partial charge >= 0.3 is 0 Å². The largest absolute Gasteiger partial charge is 0.316 e. The highest BCUT2D eigenvalue weighted by Gasteiger charge is 2.31. The van der Waals surface area contributed by atoms with Gasteiger partial charge in [0.1, 0.15) is 0 Å². The molecule has 70 valence electrons. The van der Waals surface area contributed by atoms with Crippen LogP contribution in [0.5, 0.6) is 0 Å². The Kier molecular flexibility index (Phi) is 2.69. The monoisotopic (exact) mass is 167 g/mol. The molecule has 0 spiro atoms. The fraction of sp³-hybridized carbons (Fsp3) is 1.00. The molecule has 2 fully saturated rings. The van der Waals surface area contributed by atoms with E-state index in [1.54, 1.807) is 0 Å². The van der Waals surface area contributed by atoms with E-state index in [4.69, 9.17) is 0 Å². The Hall–Kier alpha value is -0.0400. The highest BCUT2D eigenvalue weighted by Crippen LogP contribution is 2.39. The van der Waals surface area contributed by atoms with Gasteiger partial charge < -0.3 is 5.32 Å². The van der Waals surface area contributed by atoms with Gasteiger partial charge in [-0.1, -0.05) is 19.8 Å². The predicted octanol–water partition coefficient (Wildman–Crippen LogP) is 2.42. The van der Waals surface area contributed by atoms with Crippen LogP contribution in [0, 0.1) is 17.8 Å². The van der Waals surface area contributed by atoms with Crippen LogP contribution in [0.2, 0.25) is 0 Å². The fourth-order valence-corrected chi connectivity index (χ4v) is 2.99. The maximum Gasteiger partial charge on any atom is -0.00174 e. The Labute approximate surface area is 75.9 Å². The molecule has 1 N–H and O–H groups in total. The summed E-state index contributed by atoms with van der Waals surface area (Å²) in [6, 6.07) is 0. The molecule has 3 atom stereocenters. The Balaban J connectivity index is 1.81. The van der Waals surface area contributed by atoms with Gasteiger partial charge in [0.15, 0.2) is 0 Å². The zero-order chi connectivity index (χ0) is 8.39. The van der Waals surface area contributed by atoms with Crippen LogP contribution in [0.4, 0.5) is 0 Å². The molecule has 1 heterocycles. The third-order valence-electron chi connectivity index (χ3n) is 3.92. The molecular formula is C11H21N. The summed E-state index contributed by atoms with van der Waals surface area (Å²) in [5, 5.41) is 3.48. The van der Waals surface area contributed by atoms with Crippen molar-refractivity contribution in [2.75, 3.05) is 13.1 Å². The molecule has 0 aromatic heterocycles. The van der Waals surface area contributed by atoms with Crippen molar-refractivity contribution < 1.29 is 0 Å². The maximum atomic E-state index is 3.48. The van der Waals surface area contributed by atoms with Crippen molar-refractivity contribution in [1.29, 1.82) is 0 Å². The van der Waals surface area contributed by atoms with E-state index in [2.05, 4.69) is 12.2 Å². The molecule has 3 unspecified atom stereocenters. The molecule has 1 saturated carbocycles. The summed E-state index contributed by atoms with van der Waals surface area (Å²) in [5.41, 5.74) is 0. The van der Waals surface area contributed by atoms with Crippen molar-refractivity contribution in [2.24, 2.45) is 17.8 Å². The van der Waals surface area contributed by atoms with Gasteiger partial charge in [0.2, 0.25) is 0 Å². The highest BCUT2D eigenvalue weighted by molar-refractivity contribution is 4.84. The van der Waals surface area contributed by atoms with E-state index in [-0.39, 0.29) is 0 Å². The Bertz CT molecular complexity index is 138. The van der Waals surface area contributed by atoms with Gasteiger partial charge in [-0.05, 0) is 50.1 Å². The zero-order valence-corrected chi connectivity index (χ0v) is 8.18. The molecule has 12 heavy (non-hydrogen) atoms. The molecular weight excluding hydrogens is 146 g/mol. The summed E-state index contributed by atoms with van der Waals surface area (Å²) in [6.45, 7) is 4.93. The Morgan fingerprint density at radius 2 is 2.08 bits per heavy atom. The minimum absolute atomic E-state index is 1.03. The molecule has 1 aliphatic carbocycles. The number of rotatable bonds is 2. The van der Waals surface area contributed by atoms with Gasteiger partial charge in [-0.15, -0.1) is 0 Å². The van der Waals surface area contributed by atoms with Crippen LogP contribution in [0.15, 0.2) is 0 Å². The molecule has 2 rings (SSSR count). The van der Waals surface area contributed by atoms with E-state index in [1.807, 2.05) is 0 Å². The third-order valence-corrected chi connectivity index (χ3v) is 3.92. The summed E-state index contributed by atoms with van der Waals surface area (Å²) in [6.07, 6.45) is 7.42. The average Bonchev–Trinajstić information content (AvgIpc) is 2.75. The molecule has 1 nitrogen and oxygen atoms in total. The normalized spacial score (nSPS) is 42.2. The number of hydrogen-bond donors (Lipinski definition) is 1. The zero-order valence-electron chi connectivity index (χ0n) is 8.18. The second-order valence-corrected chi connectivity index (χ2v) is 4.60. The summed E-state index contributed by atoms with van der Waals surface area (Å²) < 4.78 is 0. The fourth-order valence-electron chi connectivity index (χ4n) is 2.99. The van der Waals surface area contributed by atoms with Gasteiger partial charge in [-0.3, -0.25) is 0 Å². The average molecular weight is 167 g/mol. The van der Waals surface area contributed by atoms with E-state index >= 15 is 0 Å². The van der Waals surface area contributed by atoms with Crippen molar-refractivity contribution >= 4 is 0 Å². The van der Waals surface area contributed by atoms with Crippen molar-refractivity contribution in [1.82, 2.24) is 5.32 Å². The molecule has 0 aromatic carbocycles. The van der Waals surface area contributed by atoms with E-state index in [0.29, 0.717) is 0 Å². The summed E-state index contributed by atoms with van der Waals surface area (Å²) in [7, 11) is 0. The standard InChI is InChI=1S/C11H21N/c1-2-9-3-4-10(7-9)11-5-6-12-8-11/h9-12H,2-8H2,1H3. The van der Waals surface area contributed by atoms with Crippen LogP contribution in [0.3, 0.4) is 0 Å². The topological polar surface area (TPSA) is 12.0 Å². The predicted molar refractivity (Wildman–Crippen MR) is 52.1 cm³/mol. The van der Waals surface area contributed by atoms with Gasteiger partial charge in [0.05, 0.1) is 0 Å². The third kappa shape index (κ3) is 1.66. The van der Waals surface area contributed by atoms with Crippen molar-refractivity contribution in [3.05, 3.63) is 0 Å².